The fourth-order valence-corrected chi connectivity index (χ4v) is 1.97. The van der Waals surface area contributed by atoms with Crippen LogP contribution < -0.4 is 5.73 Å². The molecule has 3 N–H and O–H groups in total. The Hall–Kier alpha value is -0.570. The molecule has 1 fully saturated rings. The SMILES string of the molecule is Cl.NCC1(CO)CC1c1ccccc1. The van der Waals surface area contributed by atoms with E-state index in [4.69, 9.17) is 5.73 Å². The Morgan fingerprint density at radius 1 is 1.36 bits per heavy atom. The Bertz CT molecular complexity index is 285. The Morgan fingerprint density at radius 3 is 2.43 bits per heavy atom. The predicted molar refractivity (Wildman–Crippen MR) is 59.6 cm³/mol. The van der Waals surface area contributed by atoms with Crippen molar-refractivity contribution in [2.45, 2.75) is 12.3 Å². The van der Waals surface area contributed by atoms with E-state index < -0.39 is 0 Å². The van der Waals surface area contributed by atoms with E-state index in [1.54, 1.807) is 0 Å². The average Bonchev–Trinajstić information content (AvgIpc) is 2.95. The highest BCUT2D eigenvalue weighted by molar-refractivity contribution is 5.85. The topological polar surface area (TPSA) is 46.2 Å². The normalized spacial score (nSPS) is 29.4. The van der Waals surface area contributed by atoms with Crippen molar-refractivity contribution in [3.8, 4) is 0 Å². The maximum absolute atomic E-state index is 9.21. The van der Waals surface area contributed by atoms with E-state index in [-0.39, 0.29) is 24.4 Å². The maximum Gasteiger partial charge on any atom is 0.0505 e. The van der Waals surface area contributed by atoms with Gasteiger partial charge in [-0.05, 0) is 17.9 Å². The summed E-state index contributed by atoms with van der Waals surface area (Å²) in [7, 11) is 0. The number of aliphatic hydroxyl groups excluding tert-OH is 1. The van der Waals surface area contributed by atoms with Crippen molar-refractivity contribution in [2.24, 2.45) is 11.1 Å². The molecule has 1 saturated carbocycles. The van der Waals surface area contributed by atoms with Gasteiger partial charge in [0.15, 0.2) is 0 Å². The Morgan fingerprint density at radius 2 is 2.00 bits per heavy atom. The van der Waals surface area contributed by atoms with Crippen LogP contribution in [-0.2, 0) is 0 Å². The van der Waals surface area contributed by atoms with Gasteiger partial charge in [-0.1, -0.05) is 30.3 Å². The lowest BCUT2D eigenvalue weighted by atomic mass is 10.0. The summed E-state index contributed by atoms with van der Waals surface area (Å²) in [6, 6.07) is 10.3. The van der Waals surface area contributed by atoms with Gasteiger partial charge in [0.25, 0.3) is 0 Å². The van der Waals surface area contributed by atoms with Gasteiger partial charge in [0.2, 0.25) is 0 Å². The van der Waals surface area contributed by atoms with Crippen LogP contribution >= 0.6 is 12.4 Å². The van der Waals surface area contributed by atoms with Crippen LogP contribution in [0, 0.1) is 5.41 Å². The molecule has 0 aliphatic heterocycles. The van der Waals surface area contributed by atoms with Crippen LogP contribution in [0.1, 0.15) is 17.9 Å². The van der Waals surface area contributed by atoms with Crippen LogP contribution in [0.15, 0.2) is 30.3 Å². The summed E-state index contributed by atoms with van der Waals surface area (Å²) < 4.78 is 0. The predicted octanol–water partition coefficient (Wildman–Crippen LogP) is 1.53. The first-order chi connectivity index (χ1) is 6.32. The molecule has 1 aliphatic rings. The van der Waals surface area contributed by atoms with Gasteiger partial charge in [-0.25, -0.2) is 0 Å². The molecule has 2 nitrogen and oxygen atoms in total. The van der Waals surface area contributed by atoms with E-state index in [2.05, 4.69) is 12.1 Å². The van der Waals surface area contributed by atoms with Crippen molar-refractivity contribution in [1.82, 2.24) is 0 Å². The van der Waals surface area contributed by atoms with Crippen molar-refractivity contribution in [3.63, 3.8) is 0 Å². The van der Waals surface area contributed by atoms with Gasteiger partial charge >= 0.3 is 0 Å². The smallest absolute Gasteiger partial charge is 0.0505 e. The Kier molecular flexibility index (Phi) is 3.53. The van der Waals surface area contributed by atoms with Gasteiger partial charge in [0, 0.05) is 12.0 Å². The van der Waals surface area contributed by atoms with Crippen molar-refractivity contribution < 1.29 is 5.11 Å². The molecule has 2 unspecified atom stereocenters. The number of benzene rings is 1. The van der Waals surface area contributed by atoms with Crippen LogP contribution in [0.25, 0.3) is 0 Å². The molecule has 0 bridgehead atoms. The molecule has 1 aromatic rings. The largest absolute Gasteiger partial charge is 0.396 e. The van der Waals surface area contributed by atoms with Crippen molar-refractivity contribution >= 4 is 12.4 Å². The first-order valence-electron chi connectivity index (χ1n) is 4.68. The molecule has 78 valence electrons. The molecular weight excluding hydrogens is 198 g/mol. The molecule has 0 saturated heterocycles. The monoisotopic (exact) mass is 213 g/mol. The van der Waals surface area contributed by atoms with E-state index in [0.29, 0.717) is 12.5 Å². The zero-order valence-corrected chi connectivity index (χ0v) is 8.83. The standard InChI is InChI=1S/C11H15NO.ClH/c12-7-11(8-13)6-10(11)9-4-2-1-3-5-9;/h1-5,10,13H,6-8,12H2;1H. The number of nitrogens with two attached hydrogens (primary N) is 1. The van der Waals surface area contributed by atoms with Crippen molar-refractivity contribution in [2.75, 3.05) is 13.2 Å². The number of hydrogen-bond donors (Lipinski definition) is 2. The second kappa shape index (κ2) is 4.30. The van der Waals surface area contributed by atoms with Gasteiger partial charge in [-0.15, -0.1) is 12.4 Å². The van der Waals surface area contributed by atoms with Crippen molar-refractivity contribution in [1.29, 1.82) is 0 Å². The van der Waals surface area contributed by atoms with E-state index >= 15 is 0 Å². The number of halogens is 1. The lowest BCUT2D eigenvalue weighted by molar-refractivity contribution is 0.211. The lowest BCUT2D eigenvalue weighted by Crippen LogP contribution is -2.21. The lowest BCUT2D eigenvalue weighted by Gasteiger charge is -2.10. The highest BCUT2D eigenvalue weighted by Gasteiger charge is 2.53. The highest BCUT2D eigenvalue weighted by atomic mass is 35.5. The second-order valence-electron chi connectivity index (χ2n) is 3.89. The average molecular weight is 214 g/mol. The first kappa shape index (κ1) is 11.5. The number of rotatable bonds is 3. The molecule has 2 rings (SSSR count). The zero-order chi connectivity index (χ0) is 9.31. The van der Waals surface area contributed by atoms with Crippen LogP contribution in [0.5, 0.6) is 0 Å². The number of aliphatic hydroxyl groups is 1. The van der Waals surface area contributed by atoms with Gasteiger partial charge in [-0.2, -0.15) is 0 Å². The van der Waals surface area contributed by atoms with Crippen molar-refractivity contribution in [3.05, 3.63) is 35.9 Å². The summed E-state index contributed by atoms with van der Waals surface area (Å²) in [6.07, 6.45) is 1.03. The van der Waals surface area contributed by atoms with Gasteiger partial charge in [-0.3, -0.25) is 0 Å². The maximum atomic E-state index is 9.21. The second-order valence-corrected chi connectivity index (χ2v) is 3.89. The number of hydrogen-bond acceptors (Lipinski definition) is 2. The molecule has 0 heterocycles. The molecule has 1 aliphatic carbocycles. The minimum absolute atomic E-state index is 0. The molecule has 0 aromatic heterocycles. The molecule has 2 atom stereocenters. The molecule has 3 heteroatoms. The fourth-order valence-electron chi connectivity index (χ4n) is 1.97. The molecule has 0 spiro atoms. The summed E-state index contributed by atoms with van der Waals surface area (Å²) in [5.41, 5.74) is 6.94. The van der Waals surface area contributed by atoms with Crippen LogP contribution in [0.4, 0.5) is 0 Å². The summed E-state index contributed by atoms with van der Waals surface area (Å²) in [5, 5.41) is 9.21. The third-order valence-corrected chi connectivity index (χ3v) is 3.11. The van der Waals surface area contributed by atoms with Gasteiger partial charge in [0.05, 0.1) is 6.61 Å². The zero-order valence-electron chi connectivity index (χ0n) is 8.02. The summed E-state index contributed by atoms with van der Waals surface area (Å²) in [5.74, 6) is 0.476. The summed E-state index contributed by atoms with van der Waals surface area (Å²) >= 11 is 0. The summed E-state index contributed by atoms with van der Waals surface area (Å²) in [4.78, 5) is 0. The minimum Gasteiger partial charge on any atom is -0.396 e. The van der Waals surface area contributed by atoms with E-state index in [1.165, 1.54) is 5.56 Å². The first-order valence-corrected chi connectivity index (χ1v) is 4.68. The highest BCUT2D eigenvalue weighted by Crippen LogP contribution is 2.58. The molecule has 14 heavy (non-hydrogen) atoms. The third-order valence-electron chi connectivity index (χ3n) is 3.11. The van der Waals surface area contributed by atoms with E-state index in [1.807, 2.05) is 18.2 Å². The third kappa shape index (κ3) is 1.78. The molecule has 0 radical (unpaired) electrons. The Labute approximate surface area is 90.5 Å². The summed E-state index contributed by atoms with van der Waals surface area (Å²) in [6.45, 7) is 0.798. The van der Waals surface area contributed by atoms with E-state index in [0.717, 1.165) is 6.42 Å². The quantitative estimate of drug-likeness (QED) is 0.800. The van der Waals surface area contributed by atoms with E-state index in [9.17, 15) is 5.11 Å². The van der Waals surface area contributed by atoms with Gasteiger partial charge < -0.3 is 10.8 Å². The molecule has 1 aromatic carbocycles. The van der Waals surface area contributed by atoms with Gasteiger partial charge in [0.1, 0.15) is 0 Å². The minimum atomic E-state index is -0.0125. The fraction of sp³-hybridized carbons (Fsp3) is 0.455. The van der Waals surface area contributed by atoms with Crippen LogP contribution in [-0.4, -0.2) is 18.3 Å². The van der Waals surface area contributed by atoms with Crippen LogP contribution in [0.3, 0.4) is 0 Å². The van der Waals surface area contributed by atoms with Crippen LogP contribution in [0.2, 0.25) is 0 Å². The Balaban J connectivity index is 0.000000980. The molecule has 0 amide bonds. The molecular formula is C11H16ClNO.